The summed E-state index contributed by atoms with van der Waals surface area (Å²) >= 11 is 7.95. The van der Waals surface area contributed by atoms with Gasteiger partial charge < -0.3 is 15.5 Å². The number of nitrogens with one attached hydrogen (secondary N) is 2. The highest BCUT2D eigenvalue weighted by Crippen LogP contribution is 2.44. The lowest BCUT2D eigenvalue weighted by Gasteiger charge is -2.50. The summed E-state index contributed by atoms with van der Waals surface area (Å²) in [5, 5.41) is 34.9. The van der Waals surface area contributed by atoms with E-state index < -0.39 is 34.5 Å². The molecule has 4 heterocycles. The van der Waals surface area contributed by atoms with Crippen LogP contribution in [-0.2, 0) is 20.8 Å². The minimum atomic E-state index is -1.25. The van der Waals surface area contributed by atoms with Gasteiger partial charge in [-0.05, 0) is 40.1 Å². The fourth-order valence-corrected chi connectivity index (χ4v) is 6.54. The number of thiocarbonyl (C=S) groups is 1. The van der Waals surface area contributed by atoms with E-state index in [1.54, 1.807) is 12.4 Å². The summed E-state index contributed by atoms with van der Waals surface area (Å²) in [4.78, 5) is 42.1. The number of H-pyrrole nitrogens is 1. The van der Waals surface area contributed by atoms with Gasteiger partial charge in [0.05, 0.1) is 4.99 Å². The normalized spacial score (nSPS) is 20.4. The van der Waals surface area contributed by atoms with E-state index in [0.29, 0.717) is 27.9 Å². The van der Waals surface area contributed by atoms with Gasteiger partial charge in [-0.25, -0.2) is 9.89 Å². The van der Waals surface area contributed by atoms with E-state index in [4.69, 9.17) is 17.3 Å². The van der Waals surface area contributed by atoms with Crippen LogP contribution in [0.3, 0.4) is 0 Å². The minimum Gasteiger partial charge on any atom is -0.481 e. The topological polar surface area (TPSA) is 174 Å². The van der Waals surface area contributed by atoms with E-state index in [-0.39, 0.29) is 18.5 Å². The molecule has 2 aliphatic rings. The summed E-state index contributed by atoms with van der Waals surface area (Å²) in [6.07, 6.45) is 3.72. The van der Waals surface area contributed by atoms with Gasteiger partial charge in [0.1, 0.15) is 17.1 Å². The van der Waals surface area contributed by atoms with Gasteiger partial charge in [0.15, 0.2) is 0 Å². The van der Waals surface area contributed by atoms with Crippen LogP contribution in [0.1, 0.15) is 18.4 Å². The summed E-state index contributed by atoms with van der Waals surface area (Å²) in [6, 6.07) is 3.02. The standard InChI is InChI=1S/C19H19N7O5S3/c27-13(28)2-1-11(34-19-22-24-25-23-19)10-8-33-17-14(16(29)26(17)15(10)18(30)31)21-12(32)7-9-3-5-20-6-4-9/h3-6,11,14,17H,1-2,7-8H2,(H,21,32)(H,27,28)(H,30,31)(H,22,23,24,25)/t11?,14?,17-/m0/s1. The van der Waals surface area contributed by atoms with Gasteiger partial charge in [-0.15, -0.1) is 16.9 Å². The number of aromatic amines is 1. The number of nitrogens with zero attached hydrogens (tertiary/aromatic N) is 5. The Balaban J connectivity index is 1.53. The summed E-state index contributed by atoms with van der Waals surface area (Å²) in [5.74, 6) is -2.34. The van der Waals surface area contributed by atoms with Gasteiger partial charge in [0, 0.05) is 36.2 Å². The number of amides is 1. The van der Waals surface area contributed by atoms with Crippen LogP contribution in [0.5, 0.6) is 0 Å². The summed E-state index contributed by atoms with van der Waals surface area (Å²) in [6.45, 7) is 0. The van der Waals surface area contributed by atoms with E-state index in [9.17, 15) is 19.5 Å². The Morgan fingerprint density at radius 3 is 2.76 bits per heavy atom. The Kier molecular flexibility index (Phi) is 7.43. The summed E-state index contributed by atoms with van der Waals surface area (Å²) < 4.78 is 0. The van der Waals surface area contributed by atoms with Gasteiger partial charge >= 0.3 is 11.9 Å². The third-order valence-electron chi connectivity index (χ3n) is 5.22. The van der Waals surface area contributed by atoms with Gasteiger partial charge in [0.2, 0.25) is 5.16 Å². The molecule has 0 radical (unpaired) electrons. The number of fused-ring (bicyclic) bond motifs is 1. The maximum Gasteiger partial charge on any atom is 0.352 e. The maximum absolute atomic E-state index is 13.0. The van der Waals surface area contributed by atoms with Crippen molar-refractivity contribution in [3.05, 3.63) is 41.4 Å². The number of carboxylic acids is 2. The average Bonchev–Trinajstić information content (AvgIpc) is 3.33. The van der Waals surface area contributed by atoms with Crippen molar-refractivity contribution in [3.8, 4) is 0 Å². The Hall–Kier alpha value is -3.04. The molecule has 3 atom stereocenters. The Labute approximate surface area is 207 Å². The van der Waals surface area contributed by atoms with Crippen LogP contribution in [-0.4, -0.2) is 86.0 Å². The maximum atomic E-state index is 13.0. The van der Waals surface area contributed by atoms with Crippen molar-refractivity contribution < 1.29 is 24.6 Å². The zero-order valence-corrected chi connectivity index (χ0v) is 19.9. The molecule has 178 valence electrons. The number of hydrogen-bond acceptors (Lipinski definition) is 10. The summed E-state index contributed by atoms with van der Waals surface area (Å²) in [5.41, 5.74) is 1.28. The molecular weight excluding hydrogens is 502 g/mol. The first-order chi connectivity index (χ1) is 16.3. The van der Waals surface area contributed by atoms with Gasteiger partial charge in [-0.1, -0.05) is 24.0 Å². The molecule has 0 aromatic carbocycles. The molecule has 0 spiro atoms. The molecule has 12 nitrogen and oxygen atoms in total. The van der Waals surface area contributed by atoms with Crippen molar-refractivity contribution in [3.63, 3.8) is 0 Å². The SMILES string of the molecule is O=C(O)CCC(Sc1nnn[nH]1)C1=C(C(=O)O)N2C(=O)C(NC(=S)Cc3ccncc3)[C@@H]2SC1. The molecule has 1 saturated heterocycles. The first kappa shape index (κ1) is 24.1. The van der Waals surface area contributed by atoms with E-state index in [2.05, 4.69) is 30.9 Å². The van der Waals surface area contributed by atoms with Crippen molar-refractivity contribution in [2.24, 2.45) is 0 Å². The second-order valence-corrected chi connectivity index (χ2v) is 10.2. The number of carboxylic acid groups (broad SMARTS) is 2. The number of aliphatic carboxylic acids is 2. The molecule has 0 bridgehead atoms. The van der Waals surface area contributed by atoms with Crippen LogP contribution in [0.4, 0.5) is 0 Å². The van der Waals surface area contributed by atoms with Crippen LogP contribution in [0.2, 0.25) is 0 Å². The average molecular weight is 522 g/mol. The zero-order chi connectivity index (χ0) is 24.2. The third kappa shape index (κ3) is 5.20. The van der Waals surface area contributed by atoms with Crippen molar-refractivity contribution in [1.29, 1.82) is 0 Å². The third-order valence-corrected chi connectivity index (χ3v) is 7.99. The van der Waals surface area contributed by atoms with E-state index in [1.807, 2.05) is 12.1 Å². The highest BCUT2D eigenvalue weighted by atomic mass is 32.2. The lowest BCUT2D eigenvalue weighted by Crippen LogP contribution is -2.70. The number of rotatable bonds is 10. The Morgan fingerprint density at radius 2 is 2.12 bits per heavy atom. The first-order valence-corrected chi connectivity index (χ1v) is 12.4. The number of hydrogen-bond donors (Lipinski definition) is 4. The minimum absolute atomic E-state index is 0.123. The molecule has 2 aromatic rings. The van der Waals surface area contributed by atoms with E-state index in [1.165, 1.54) is 16.7 Å². The highest BCUT2D eigenvalue weighted by Gasteiger charge is 2.54. The predicted octanol–water partition coefficient (Wildman–Crippen LogP) is 0.702. The zero-order valence-electron chi connectivity index (χ0n) is 17.4. The van der Waals surface area contributed by atoms with Gasteiger partial charge in [-0.3, -0.25) is 19.5 Å². The Morgan fingerprint density at radius 1 is 1.35 bits per heavy atom. The molecule has 34 heavy (non-hydrogen) atoms. The molecule has 2 unspecified atom stereocenters. The van der Waals surface area contributed by atoms with Crippen molar-refractivity contribution in [2.75, 3.05) is 5.75 Å². The molecule has 2 aliphatic heterocycles. The second kappa shape index (κ2) is 10.5. The molecular formula is C19H19N7O5S3. The van der Waals surface area contributed by atoms with Crippen molar-refractivity contribution >= 4 is 58.6 Å². The number of β-lactam (4-membered cyclic amide) rings is 1. The van der Waals surface area contributed by atoms with Crippen molar-refractivity contribution in [1.82, 2.24) is 35.8 Å². The number of aromatic nitrogens is 5. The number of carbonyl (C=O) groups is 3. The fraction of sp³-hybridized carbons (Fsp3) is 0.368. The van der Waals surface area contributed by atoms with Crippen LogP contribution >= 0.6 is 35.7 Å². The van der Waals surface area contributed by atoms with Crippen molar-refractivity contribution in [2.45, 2.75) is 41.1 Å². The fourth-order valence-electron chi connectivity index (χ4n) is 3.69. The molecule has 15 heteroatoms. The van der Waals surface area contributed by atoms with E-state index >= 15 is 0 Å². The second-order valence-electron chi connectivity index (χ2n) is 7.41. The molecule has 4 rings (SSSR count). The summed E-state index contributed by atoms with van der Waals surface area (Å²) in [7, 11) is 0. The smallest absolute Gasteiger partial charge is 0.352 e. The molecule has 1 fully saturated rings. The van der Waals surface area contributed by atoms with E-state index in [0.717, 1.165) is 17.3 Å². The number of pyridine rings is 1. The molecule has 1 amide bonds. The largest absolute Gasteiger partial charge is 0.481 e. The van der Waals surface area contributed by atoms with Crippen LogP contribution in [0, 0.1) is 0 Å². The lowest BCUT2D eigenvalue weighted by atomic mass is 9.99. The number of carbonyl (C=O) groups excluding carboxylic acids is 1. The molecule has 0 saturated carbocycles. The van der Waals surface area contributed by atoms with Crippen LogP contribution < -0.4 is 5.32 Å². The monoisotopic (exact) mass is 521 g/mol. The van der Waals surface area contributed by atoms with Gasteiger partial charge in [0.25, 0.3) is 5.91 Å². The number of tetrazole rings is 1. The quantitative estimate of drug-likeness (QED) is 0.196. The van der Waals surface area contributed by atoms with Crippen LogP contribution in [0.25, 0.3) is 0 Å². The lowest BCUT2D eigenvalue weighted by molar-refractivity contribution is -0.148. The predicted molar refractivity (Wildman–Crippen MR) is 126 cm³/mol. The number of thioether (sulfide) groups is 2. The molecule has 4 N–H and O–H groups in total. The van der Waals surface area contributed by atoms with Gasteiger partial charge in [-0.2, -0.15) is 0 Å². The highest BCUT2D eigenvalue weighted by molar-refractivity contribution is 8.01. The first-order valence-electron chi connectivity index (χ1n) is 10.1. The Bertz CT molecular complexity index is 1130. The molecule has 2 aromatic heterocycles. The molecule has 0 aliphatic carbocycles. The van der Waals surface area contributed by atoms with Crippen LogP contribution in [0.15, 0.2) is 41.0 Å².